The highest BCUT2D eigenvalue weighted by atomic mass is 32.2. The van der Waals surface area contributed by atoms with E-state index in [2.05, 4.69) is 22.4 Å². The number of hydrogen-bond acceptors (Lipinski definition) is 5. The number of aromatic nitrogens is 2. The third-order valence-corrected chi connectivity index (χ3v) is 5.16. The Morgan fingerprint density at radius 2 is 2.16 bits per heavy atom. The van der Waals surface area contributed by atoms with Crippen molar-refractivity contribution in [1.82, 2.24) is 15.5 Å². The third-order valence-electron chi connectivity index (χ3n) is 3.79. The summed E-state index contributed by atoms with van der Waals surface area (Å²) >= 11 is 2.00. The molecular weight excluding hydrogens is 258 g/mol. The lowest BCUT2D eigenvalue weighted by Gasteiger charge is -2.19. The van der Waals surface area contributed by atoms with Crippen LogP contribution in [-0.4, -0.2) is 28.5 Å². The van der Waals surface area contributed by atoms with Crippen LogP contribution in [-0.2, 0) is 12.2 Å². The van der Waals surface area contributed by atoms with Crippen LogP contribution in [0.15, 0.2) is 4.52 Å². The van der Waals surface area contributed by atoms with Gasteiger partial charge in [-0.3, -0.25) is 0 Å². The van der Waals surface area contributed by atoms with E-state index in [0.29, 0.717) is 6.04 Å². The molecule has 2 rings (SSSR count). The zero-order valence-electron chi connectivity index (χ0n) is 12.0. The van der Waals surface area contributed by atoms with Crippen LogP contribution in [0, 0.1) is 0 Å². The highest BCUT2D eigenvalue weighted by Gasteiger charge is 2.15. The van der Waals surface area contributed by atoms with E-state index < -0.39 is 0 Å². The van der Waals surface area contributed by atoms with Crippen molar-refractivity contribution in [2.45, 2.75) is 68.9 Å². The van der Waals surface area contributed by atoms with Gasteiger partial charge in [0.05, 0.1) is 5.75 Å². The van der Waals surface area contributed by atoms with Crippen molar-refractivity contribution in [3.63, 3.8) is 0 Å². The first kappa shape index (κ1) is 14.9. The van der Waals surface area contributed by atoms with Gasteiger partial charge in [0.15, 0.2) is 5.82 Å². The molecular formula is C14H25N3OS. The van der Waals surface area contributed by atoms with Crippen LogP contribution in [0.1, 0.15) is 57.2 Å². The SMILES string of the molecule is CNC(C)CCc1nc(CSC2CCCCC2)no1. The molecule has 1 fully saturated rings. The lowest BCUT2D eigenvalue weighted by Crippen LogP contribution is -2.21. The predicted octanol–water partition coefficient (Wildman–Crippen LogP) is 3.18. The van der Waals surface area contributed by atoms with Gasteiger partial charge in [0.2, 0.25) is 5.89 Å². The van der Waals surface area contributed by atoms with Gasteiger partial charge in [0, 0.05) is 17.7 Å². The zero-order chi connectivity index (χ0) is 13.5. The molecule has 1 unspecified atom stereocenters. The maximum atomic E-state index is 5.30. The number of nitrogens with zero attached hydrogens (tertiary/aromatic N) is 2. The molecule has 0 aliphatic heterocycles. The number of nitrogens with one attached hydrogen (secondary N) is 1. The fraction of sp³-hybridized carbons (Fsp3) is 0.857. The average molecular weight is 283 g/mol. The van der Waals surface area contributed by atoms with Gasteiger partial charge in [-0.1, -0.05) is 24.4 Å². The molecule has 5 heteroatoms. The van der Waals surface area contributed by atoms with Crippen molar-refractivity contribution >= 4 is 11.8 Å². The van der Waals surface area contributed by atoms with Crippen LogP contribution in [0.5, 0.6) is 0 Å². The number of rotatable bonds is 7. The summed E-state index contributed by atoms with van der Waals surface area (Å²) < 4.78 is 5.30. The quantitative estimate of drug-likeness (QED) is 0.833. The Balaban J connectivity index is 1.70. The van der Waals surface area contributed by atoms with Gasteiger partial charge < -0.3 is 9.84 Å². The minimum Gasteiger partial charge on any atom is -0.339 e. The highest BCUT2D eigenvalue weighted by Crippen LogP contribution is 2.29. The summed E-state index contributed by atoms with van der Waals surface area (Å²) in [6.45, 7) is 2.16. The minimum absolute atomic E-state index is 0.493. The second-order valence-corrected chi connectivity index (χ2v) is 6.69. The standard InChI is InChI=1S/C14H25N3OS/c1-11(15-2)8-9-14-16-13(17-18-14)10-19-12-6-4-3-5-7-12/h11-12,15H,3-10H2,1-2H3. The number of aryl methyl sites for hydroxylation is 1. The van der Waals surface area contributed by atoms with Gasteiger partial charge in [-0.2, -0.15) is 16.7 Å². The molecule has 1 aliphatic rings. The molecule has 0 bridgehead atoms. The van der Waals surface area contributed by atoms with Crippen molar-refractivity contribution in [1.29, 1.82) is 0 Å². The van der Waals surface area contributed by atoms with E-state index in [4.69, 9.17) is 4.52 Å². The first-order valence-corrected chi connectivity index (χ1v) is 8.43. The Bertz CT molecular complexity index is 363. The Morgan fingerprint density at radius 1 is 1.37 bits per heavy atom. The second kappa shape index (κ2) is 7.90. The summed E-state index contributed by atoms with van der Waals surface area (Å²) in [5.74, 6) is 2.54. The minimum atomic E-state index is 0.493. The lowest BCUT2D eigenvalue weighted by molar-refractivity contribution is 0.365. The smallest absolute Gasteiger partial charge is 0.226 e. The van der Waals surface area contributed by atoms with E-state index in [0.717, 1.165) is 35.6 Å². The van der Waals surface area contributed by atoms with E-state index >= 15 is 0 Å². The normalized spacial score (nSPS) is 18.6. The Kier molecular flexibility index (Phi) is 6.17. The molecule has 0 saturated heterocycles. The maximum absolute atomic E-state index is 5.30. The van der Waals surface area contributed by atoms with Crippen LogP contribution in [0.25, 0.3) is 0 Å². The van der Waals surface area contributed by atoms with E-state index in [-0.39, 0.29) is 0 Å². The van der Waals surface area contributed by atoms with E-state index in [9.17, 15) is 0 Å². The number of hydrogen-bond donors (Lipinski definition) is 1. The lowest BCUT2D eigenvalue weighted by atomic mass is 10.0. The summed E-state index contributed by atoms with van der Waals surface area (Å²) in [6, 6.07) is 0.493. The zero-order valence-corrected chi connectivity index (χ0v) is 12.8. The topological polar surface area (TPSA) is 51.0 Å². The van der Waals surface area contributed by atoms with Gasteiger partial charge in [-0.15, -0.1) is 0 Å². The van der Waals surface area contributed by atoms with Crippen LogP contribution in [0.3, 0.4) is 0 Å². The highest BCUT2D eigenvalue weighted by molar-refractivity contribution is 7.99. The molecule has 1 atom stereocenters. The molecule has 19 heavy (non-hydrogen) atoms. The van der Waals surface area contributed by atoms with Crippen molar-refractivity contribution in [3.8, 4) is 0 Å². The monoisotopic (exact) mass is 283 g/mol. The van der Waals surface area contributed by atoms with E-state index in [1.165, 1.54) is 32.1 Å². The van der Waals surface area contributed by atoms with Crippen molar-refractivity contribution in [3.05, 3.63) is 11.7 Å². The average Bonchev–Trinajstić information content (AvgIpc) is 2.91. The Hall–Kier alpha value is -0.550. The molecule has 1 saturated carbocycles. The van der Waals surface area contributed by atoms with Crippen molar-refractivity contribution in [2.24, 2.45) is 0 Å². The summed E-state index contributed by atoms with van der Waals surface area (Å²) in [5.41, 5.74) is 0. The van der Waals surface area contributed by atoms with Gasteiger partial charge in [0.1, 0.15) is 0 Å². The summed E-state index contributed by atoms with van der Waals surface area (Å²) in [5, 5.41) is 8.10. The molecule has 0 spiro atoms. The molecule has 1 aromatic heterocycles. The molecule has 0 aromatic carbocycles. The van der Waals surface area contributed by atoms with Gasteiger partial charge >= 0.3 is 0 Å². The van der Waals surface area contributed by atoms with Gasteiger partial charge in [-0.05, 0) is 33.2 Å². The van der Waals surface area contributed by atoms with Crippen LogP contribution < -0.4 is 5.32 Å². The maximum Gasteiger partial charge on any atom is 0.226 e. The summed E-state index contributed by atoms with van der Waals surface area (Å²) in [6.07, 6.45) is 8.79. The first-order valence-electron chi connectivity index (χ1n) is 7.38. The molecule has 4 nitrogen and oxygen atoms in total. The third kappa shape index (κ3) is 5.15. The van der Waals surface area contributed by atoms with Crippen LogP contribution in [0.4, 0.5) is 0 Å². The molecule has 1 N–H and O–H groups in total. The van der Waals surface area contributed by atoms with Crippen molar-refractivity contribution in [2.75, 3.05) is 7.05 Å². The Labute approximate surface area is 120 Å². The molecule has 0 radical (unpaired) electrons. The first-order chi connectivity index (χ1) is 9.28. The molecule has 1 heterocycles. The molecule has 108 valence electrons. The molecule has 1 aliphatic carbocycles. The van der Waals surface area contributed by atoms with Crippen molar-refractivity contribution < 1.29 is 4.52 Å². The molecule has 0 amide bonds. The Morgan fingerprint density at radius 3 is 2.89 bits per heavy atom. The van der Waals surface area contributed by atoms with Crippen LogP contribution in [0.2, 0.25) is 0 Å². The largest absolute Gasteiger partial charge is 0.339 e. The molecule has 1 aromatic rings. The fourth-order valence-electron chi connectivity index (χ4n) is 2.36. The summed E-state index contributed by atoms with van der Waals surface area (Å²) in [4.78, 5) is 4.47. The van der Waals surface area contributed by atoms with Gasteiger partial charge in [-0.25, -0.2) is 0 Å². The van der Waals surface area contributed by atoms with E-state index in [1.54, 1.807) is 0 Å². The fourth-order valence-corrected chi connectivity index (χ4v) is 3.53. The van der Waals surface area contributed by atoms with Gasteiger partial charge in [0.25, 0.3) is 0 Å². The van der Waals surface area contributed by atoms with Crippen LogP contribution >= 0.6 is 11.8 Å². The summed E-state index contributed by atoms with van der Waals surface area (Å²) in [7, 11) is 1.98. The van der Waals surface area contributed by atoms with E-state index in [1.807, 2.05) is 18.8 Å². The second-order valence-electron chi connectivity index (χ2n) is 5.40. The predicted molar refractivity (Wildman–Crippen MR) is 79.3 cm³/mol. The number of thioether (sulfide) groups is 1.